The number of nitrogens with one attached hydrogen (secondary N) is 1. The second-order valence-corrected chi connectivity index (χ2v) is 17.8. The highest BCUT2D eigenvalue weighted by molar-refractivity contribution is 6.74. The Balaban J connectivity index is 1.32. The molecule has 0 saturated heterocycles. The van der Waals surface area contributed by atoms with Gasteiger partial charge in [0.2, 0.25) is 5.91 Å². The number of pyridine rings is 2. The molecule has 10 heteroatoms. The number of carbonyl (C=O) groups excluding carboxylic acids is 2. The van der Waals surface area contributed by atoms with Crippen molar-refractivity contribution in [1.29, 1.82) is 0 Å². The minimum absolute atomic E-state index is 0.0804. The number of amides is 1. The Kier molecular flexibility index (Phi) is 8.02. The molecular formula is C33H38N6O3Si. The second kappa shape index (κ2) is 11.4. The van der Waals surface area contributed by atoms with Gasteiger partial charge in [0.25, 0.3) is 0 Å². The van der Waals surface area contributed by atoms with Crippen LogP contribution in [0.2, 0.25) is 18.1 Å². The number of aromatic nitrogens is 5. The van der Waals surface area contributed by atoms with Crippen molar-refractivity contribution in [3.05, 3.63) is 90.3 Å². The maximum Gasteiger partial charge on any atom is 0.231 e. The van der Waals surface area contributed by atoms with E-state index < -0.39 is 13.9 Å². The first-order chi connectivity index (χ1) is 20.2. The predicted octanol–water partition coefficient (Wildman–Crippen LogP) is 6.54. The van der Waals surface area contributed by atoms with Crippen molar-refractivity contribution >= 4 is 47.8 Å². The molecule has 0 bridgehead atoms. The van der Waals surface area contributed by atoms with Gasteiger partial charge in [0.05, 0.1) is 35.3 Å². The van der Waals surface area contributed by atoms with Crippen molar-refractivity contribution < 1.29 is 14.0 Å². The third-order valence-electron chi connectivity index (χ3n) is 8.25. The summed E-state index contributed by atoms with van der Waals surface area (Å²) in [6.45, 7) is 15.8. The van der Waals surface area contributed by atoms with Gasteiger partial charge in [0.1, 0.15) is 17.8 Å². The van der Waals surface area contributed by atoms with E-state index in [2.05, 4.69) is 73.0 Å². The zero-order valence-corrected chi connectivity index (χ0v) is 26.8. The average molecular weight is 595 g/mol. The number of carbonyl (C=O) groups is 2. The number of para-hydroxylation sites is 1. The van der Waals surface area contributed by atoms with Crippen LogP contribution >= 0.6 is 0 Å². The van der Waals surface area contributed by atoms with E-state index in [1.165, 1.54) is 12.5 Å². The fraction of sp³-hybridized carbons (Fsp3) is 0.333. The molecule has 0 unspecified atom stereocenters. The van der Waals surface area contributed by atoms with Gasteiger partial charge >= 0.3 is 0 Å². The van der Waals surface area contributed by atoms with Gasteiger partial charge in [0, 0.05) is 34.9 Å². The van der Waals surface area contributed by atoms with Crippen LogP contribution in [0.4, 0.5) is 5.82 Å². The molecule has 0 spiro atoms. The molecule has 0 saturated carbocycles. The lowest BCUT2D eigenvalue weighted by atomic mass is 10.1. The summed E-state index contributed by atoms with van der Waals surface area (Å²) in [4.78, 5) is 44.0. The Morgan fingerprint density at radius 3 is 2.44 bits per heavy atom. The molecule has 0 radical (unpaired) electrons. The van der Waals surface area contributed by atoms with Crippen molar-refractivity contribution in [2.45, 2.75) is 64.7 Å². The van der Waals surface area contributed by atoms with E-state index in [1.807, 2.05) is 47.2 Å². The number of fused-ring (bicyclic) bond motifs is 2. The Morgan fingerprint density at radius 1 is 0.953 bits per heavy atom. The van der Waals surface area contributed by atoms with E-state index in [0.717, 1.165) is 10.9 Å². The SMILES string of the molecule is CC(C)(CO[Si](C)(C)C(C)(C)C)n1cc(C(=O)c2ccc(NC(=O)Cc3ccc4ccccc4n3)nc2)c2cncnc21. The largest absolute Gasteiger partial charge is 0.414 e. The fourth-order valence-corrected chi connectivity index (χ4v) is 5.71. The van der Waals surface area contributed by atoms with E-state index in [0.29, 0.717) is 40.3 Å². The molecule has 5 rings (SSSR count). The summed E-state index contributed by atoms with van der Waals surface area (Å²) >= 11 is 0. The third kappa shape index (κ3) is 6.40. The third-order valence-corrected chi connectivity index (χ3v) is 12.7. The zero-order valence-electron chi connectivity index (χ0n) is 25.8. The molecule has 4 heterocycles. The highest BCUT2D eigenvalue weighted by Gasteiger charge is 2.39. The standard InChI is InChI=1S/C33H38N6O3Si/c1-32(2,3)43(6,7)42-20-33(4,5)39-19-26(25-18-34-21-36-31(25)39)30(41)23-13-15-28(35-17-23)38-29(40)16-24-14-12-22-10-8-9-11-27(22)37-24/h8-15,17-19,21H,16,20H2,1-7H3,(H,35,38,40). The van der Waals surface area contributed by atoms with Gasteiger partial charge < -0.3 is 14.3 Å². The lowest BCUT2D eigenvalue weighted by Crippen LogP contribution is -2.45. The molecule has 0 aliphatic rings. The molecule has 1 aromatic carbocycles. The molecule has 5 aromatic rings. The van der Waals surface area contributed by atoms with Gasteiger partial charge in [-0.05, 0) is 56.2 Å². The first-order valence-corrected chi connectivity index (χ1v) is 17.3. The van der Waals surface area contributed by atoms with Crippen molar-refractivity contribution in [3.8, 4) is 0 Å². The van der Waals surface area contributed by atoms with Crippen LogP contribution in [-0.4, -0.2) is 51.1 Å². The van der Waals surface area contributed by atoms with Crippen molar-refractivity contribution in [2.24, 2.45) is 0 Å². The number of anilines is 1. The molecule has 0 atom stereocenters. The normalized spacial score (nSPS) is 12.5. The molecule has 0 fully saturated rings. The summed E-state index contributed by atoms with van der Waals surface area (Å²) < 4.78 is 8.57. The van der Waals surface area contributed by atoms with Gasteiger partial charge in [0.15, 0.2) is 14.1 Å². The molecule has 4 aromatic heterocycles. The fourth-order valence-electron chi connectivity index (χ4n) is 4.57. The number of ketones is 1. The van der Waals surface area contributed by atoms with E-state index in [4.69, 9.17) is 4.43 Å². The number of benzene rings is 1. The number of rotatable bonds is 9. The highest BCUT2D eigenvalue weighted by Crippen LogP contribution is 2.38. The Bertz CT molecular complexity index is 1810. The lowest BCUT2D eigenvalue weighted by molar-refractivity contribution is -0.115. The Labute approximate surface area is 252 Å². The van der Waals surface area contributed by atoms with Gasteiger partial charge in [-0.25, -0.2) is 15.0 Å². The average Bonchev–Trinajstić information content (AvgIpc) is 3.36. The molecular weight excluding hydrogens is 556 g/mol. The van der Waals surface area contributed by atoms with E-state index in [1.54, 1.807) is 18.3 Å². The van der Waals surface area contributed by atoms with Crippen LogP contribution in [0.3, 0.4) is 0 Å². The Morgan fingerprint density at radius 2 is 1.72 bits per heavy atom. The molecule has 9 nitrogen and oxygen atoms in total. The second-order valence-electron chi connectivity index (χ2n) is 13.0. The maximum atomic E-state index is 13.7. The summed E-state index contributed by atoms with van der Waals surface area (Å²) in [5.74, 6) is -0.0841. The number of nitrogens with zero attached hydrogens (tertiary/aromatic N) is 5. The van der Waals surface area contributed by atoms with Crippen LogP contribution in [0.15, 0.2) is 73.4 Å². The van der Waals surface area contributed by atoms with E-state index >= 15 is 0 Å². The molecule has 1 N–H and O–H groups in total. The smallest absolute Gasteiger partial charge is 0.231 e. The van der Waals surface area contributed by atoms with Gasteiger partial charge in [-0.2, -0.15) is 0 Å². The molecule has 0 aliphatic heterocycles. The van der Waals surface area contributed by atoms with Gasteiger partial charge in [-0.1, -0.05) is 45.0 Å². The molecule has 43 heavy (non-hydrogen) atoms. The monoisotopic (exact) mass is 594 g/mol. The molecule has 222 valence electrons. The van der Waals surface area contributed by atoms with Crippen LogP contribution in [0.1, 0.15) is 56.2 Å². The van der Waals surface area contributed by atoms with Crippen molar-refractivity contribution in [1.82, 2.24) is 24.5 Å². The summed E-state index contributed by atoms with van der Waals surface area (Å²) in [5.41, 5.74) is 2.59. The van der Waals surface area contributed by atoms with Crippen LogP contribution in [0.25, 0.3) is 21.9 Å². The van der Waals surface area contributed by atoms with E-state index in [9.17, 15) is 9.59 Å². The van der Waals surface area contributed by atoms with Crippen LogP contribution in [0.5, 0.6) is 0 Å². The number of hydrogen-bond acceptors (Lipinski definition) is 7. The molecule has 1 amide bonds. The number of hydrogen-bond donors (Lipinski definition) is 1. The summed E-state index contributed by atoms with van der Waals surface area (Å²) in [6.07, 6.45) is 6.58. The zero-order chi connectivity index (χ0) is 31.0. The van der Waals surface area contributed by atoms with Crippen molar-refractivity contribution in [2.75, 3.05) is 11.9 Å². The predicted molar refractivity (Wildman–Crippen MR) is 172 cm³/mol. The first kappa shape index (κ1) is 30.2. The molecule has 0 aliphatic carbocycles. The van der Waals surface area contributed by atoms with Gasteiger partial charge in [-0.3, -0.25) is 14.6 Å². The minimum Gasteiger partial charge on any atom is -0.414 e. The summed E-state index contributed by atoms with van der Waals surface area (Å²) in [6, 6.07) is 14.9. The van der Waals surface area contributed by atoms with Gasteiger partial charge in [-0.15, -0.1) is 0 Å². The van der Waals surface area contributed by atoms with Crippen LogP contribution in [0, 0.1) is 0 Å². The Hall–Kier alpha value is -4.28. The summed E-state index contributed by atoms with van der Waals surface area (Å²) in [5, 5.41) is 4.56. The van der Waals surface area contributed by atoms with Crippen LogP contribution in [-0.2, 0) is 21.2 Å². The maximum absolute atomic E-state index is 13.7. The first-order valence-electron chi connectivity index (χ1n) is 14.4. The summed E-state index contributed by atoms with van der Waals surface area (Å²) in [7, 11) is -1.99. The van der Waals surface area contributed by atoms with E-state index in [-0.39, 0.29) is 23.1 Å². The quantitative estimate of drug-likeness (QED) is 0.152. The van der Waals surface area contributed by atoms with Crippen molar-refractivity contribution in [3.63, 3.8) is 0 Å². The highest BCUT2D eigenvalue weighted by atomic mass is 28.4. The lowest BCUT2D eigenvalue weighted by Gasteiger charge is -2.39. The topological polar surface area (TPSA) is 112 Å². The minimum atomic E-state index is -1.99. The van der Waals surface area contributed by atoms with Crippen LogP contribution < -0.4 is 5.32 Å².